The Labute approximate surface area is 124 Å². The maximum Gasteiger partial charge on any atom is 0.311 e. The van der Waals surface area contributed by atoms with Crippen molar-refractivity contribution in [2.24, 2.45) is 11.8 Å². The summed E-state index contributed by atoms with van der Waals surface area (Å²) in [6, 6.07) is 0.515. The molecule has 0 aromatic carbocycles. The number of methoxy groups -OCH3 is 1. The molecule has 0 spiro atoms. The highest BCUT2D eigenvalue weighted by Gasteiger charge is 2.28. The smallest absolute Gasteiger partial charge is 0.311 e. The Hall–Kier alpha value is -1.10. The number of aromatic nitrogens is 1. The lowest BCUT2D eigenvalue weighted by Crippen LogP contribution is -2.35. The minimum absolute atomic E-state index is 0.237. The highest BCUT2D eigenvalue weighted by atomic mass is 32.1. The van der Waals surface area contributed by atoms with Crippen LogP contribution in [-0.2, 0) is 16.0 Å². The van der Waals surface area contributed by atoms with Crippen molar-refractivity contribution in [2.45, 2.75) is 52.0 Å². The van der Waals surface area contributed by atoms with Crippen LogP contribution in [0.2, 0.25) is 0 Å². The lowest BCUT2D eigenvalue weighted by Gasteiger charge is -2.34. The molecule has 2 rings (SSSR count). The number of nitrogens with zero attached hydrogens (tertiary/aromatic N) is 1. The Kier molecular flexibility index (Phi) is 5.40. The third-order valence-corrected chi connectivity index (χ3v) is 4.91. The molecule has 1 N–H and O–H groups in total. The number of rotatable bonds is 5. The van der Waals surface area contributed by atoms with Gasteiger partial charge in [0.25, 0.3) is 0 Å². The third kappa shape index (κ3) is 3.95. The quantitative estimate of drug-likeness (QED) is 0.845. The highest BCUT2D eigenvalue weighted by Crippen LogP contribution is 2.32. The topological polar surface area (TPSA) is 51.2 Å². The second-order valence-electron chi connectivity index (χ2n) is 5.84. The van der Waals surface area contributed by atoms with Crippen molar-refractivity contribution in [3.05, 3.63) is 11.1 Å². The van der Waals surface area contributed by atoms with E-state index in [-0.39, 0.29) is 12.4 Å². The normalized spacial score (nSPS) is 22.8. The molecule has 1 fully saturated rings. The second-order valence-corrected chi connectivity index (χ2v) is 6.70. The number of nitrogens with one attached hydrogen (secondary N) is 1. The molecule has 1 aliphatic rings. The van der Waals surface area contributed by atoms with Crippen molar-refractivity contribution in [3.8, 4) is 0 Å². The first-order valence-electron chi connectivity index (χ1n) is 7.38. The Morgan fingerprint density at radius 1 is 1.50 bits per heavy atom. The van der Waals surface area contributed by atoms with Gasteiger partial charge in [-0.3, -0.25) is 4.79 Å². The van der Waals surface area contributed by atoms with Crippen LogP contribution in [0.15, 0.2) is 5.38 Å². The first-order chi connectivity index (χ1) is 9.60. The Bertz CT molecular complexity index is 445. The first-order valence-corrected chi connectivity index (χ1v) is 8.26. The van der Waals surface area contributed by atoms with Crippen molar-refractivity contribution in [3.63, 3.8) is 0 Å². The number of hydrogen-bond donors (Lipinski definition) is 1. The lowest BCUT2D eigenvalue weighted by atomic mass is 9.78. The number of hydrogen-bond acceptors (Lipinski definition) is 5. The Morgan fingerprint density at radius 2 is 2.25 bits per heavy atom. The van der Waals surface area contributed by atoms with Gasteiger partial charge in [-0.25, -0.2) is 4.98 Å². The fourth-order valence-electron chi connectivity index (χ4n) is 2.97. The summed E-state index contributed by atoms with van der Waals surface area (Å²) in [6.07, 6.45) is 5.41. The summed E-state index contributed by atoms with van der Waals surface area (Å²) in [5.41, 5.74) is 0.793. The van der Waals surface area contributed by atoms with E-state index in [1.807, 2.05) is 5.38 Å². The second kappa shape index (κ2) is 7.07. The summed E-state index contributed by atoms with van der Waals surface area (Å²) in [5.74, 6) is 1.18. The zero-order chi connectivity index (χ0) is 14.5. The van der Waals surface area contributed by atoms with Gasteiger partial charge in [0.1, 0.15) is 0 Å². The molecule has 1 saturated carbocycles. The van der Waals surface area contributed by atoms with Gasteiger partial charge in [-0.15, -0.1) is 11.3 Å². The van der Waals surface area contributed by atoms with Gasteiger partial charge in [0.2, 0.25) is 0 Å². The van der Waals surface area contributed by atoms with E-state index in [4.69, 9.17) is 0 Å². The zero-order valence-electron chi connectivity index (χ0n) is 12.5. The fraction of sp³-hybridized carbons (Fsp3) is 0.733. The van der Waals surface area contributed by atoms with E-state index in [9.17, 15) is 4.79 Å². The van der Waals surface area contributed by atoms with Crippen LogP contribution in [-0.4, -0.2) is 24.1 Å². The van der Waals surface area contributed by atoms with Crippen molar-refractivity contribution < 1.29 is 9.53 Å². The molecule has 1 aromatic heterocycles. The van der Waals surface area contributed by atoms with E-state index in [1.165, 1.54) is 32.8 Å². The molecule has 0 aliphatic heterocycles. The van der Waals surface area contributed by atoms with Crippen molar-refractivity contribution >= 4 is 22.4 Å². The number of thiazole rings is 1. The average Bonchev–Trinajstić information content (AvgIpc) is 2.86. The molecular weight excluding hydrogens is 272 g/mol. The zero-order valence-corrected chi connectivity index (χ0v) is 13.3. The highest BCUT2D eigenvalue weighted by molar-refractivity contribution is 7.13. The lowest BCUT2D eigenvalue weighted by molar-refractivity contribution is -0.139. The van der Waals surface area contributed by atoms with E-state index in [0.29, 0.717) is 12.0 Å². The van der Waals surface area contributed by atoms with Crippen LogP contribution >= 0.6 is 11.3 Å². The largest absolute Gasteiger partial charge is 0.469 e. The molecule has 20 heavy (non-hydrogen) atoms. The fourth-order valence-corrected chi connectivity index (χ4v) is 3.74. The minimum Gasteiger partial charge on any atom is -0.469 e. The van der Waals surface area contributed by atoms with E-state index in [1.54, 1.807) is 11.3 Å². The summed E-state index contributed by atoms with van der Waals surface area (Å²) in [4.78, 5) is 15.7. The summed E-state index contributed by atoms with van der Waals surface area (Å²) in [7, 11) is 1.41. The predicted octanol–water partition coefficient (Wildman–Crippen LogP) is 3.49. The summed E-state index contributed by atoms with van der Waals surface area (Å²) in [5, 5.41) is 6.45. The SMILES string of the molecule is COC(=O)Cc1csc(NC2CCCCC2C(C)C)n1. The van der Waals surface area contributed by atoms with Crippen molar-refractivity contribution in [1.82, 2.24) is 4.98 Å². The number of carbonyl (C=O) groups is 1. The number of anilines is 1. The van der Waals surface area contributed by atoms with Crippen LogP contribution in [0, 0.1) is 11.8 Å². The van der Waals surface area contributed by atoms with Crippen LogP contribution < -0.4 is 5.32 Å². The van der Waals surface area contributed by atoms with Crippen LogP contribution in [0.4, 0.5) is 5.13 Å². The third-order valence-electron chi connectivity index (χ3n) is 4.09. The molecule has 5 heteroatoms. The van der Waals surface area contributed by atoms with Gasteiger partial charge in [-0.1, -0.05) is 26.7 Å². The standard InChI is InChI=1S/C15H24N2O2S/c1-10(2)12-6-4-5-7-13(12)17-15-16-11(9-20-15)8-14(18)19-3/h9-10,12-13H,4-8H2,1-3H3,(H,16,17). The molecule has 0 radical (unpaired) electrons. The Balaban J connectivity index is 1.96. The molecule has 0 amide bonds. The van der Waals surface area contributed by atoms with Gasteiger partial charge in [-0.05, 0) is 24.7 Å². The van der Waals surface area contributed by atoms with Gasteiger partial charge in [-0.2, -0.15) is 0 Å². The molecule has 0 bridgehead atoms. The number of ether oxygens (including phenoxy) is 1. The summed E-state index contributed by atoms with van der Waals surface area (Å²) >= 11 is 1.58. The first kappa shape index (κ1) is 15.3. The van der Waals surface area contributed by atoms with Gasteiger partial charge in [0.15, 0.2) is 5.13 Å². The minimum atomic E-state index is -0.237. The van der Waals surface area contributed by atoms with E-state index in [2.05, 4.69) is 28.9 Å². The molecule has 1 aromatic rings. The van der Waals surface area contributed by atoms with Gasteiger partial charge in [0, 0.05) is 11.4 Å². The van der Waals surface area contributed by atoms with E-state index in [0.717, 1.165) is 16.7 Å². The van der Waals surface area contributed by atoms with Crippen LogP contribution in [0.25, 0.3) is 0 Å². The van der Waals surface area contributed by atoms with E-state index >= 15 is 0 Å². The maximum atomic E-state index is 11.2. The number of carbonyl (C=O) groups excluding carboxylic acids is 1. The molecule has 1 aliphatic carbocycles. The predicted molar refractivity (Wildman–Crippen MR) is 82.0 cm³/mol. The molecule has 112 valence electrons. The monoisotopic (exact) mass is 296 g/mol. The molecular formula is C15H24N2O2S. The molecule has 4 nitrogen and oxygen atoms in total. The maximum absolute atomic E-state index is 11.2. The molecule has 0 saturated heterocycles. The van der Waals surface area contributed by atoms with Gasteiger partial charge in [0.05, 0.1) is 19.2 Å². The summed E-state index contributed by atoms with van der Waals surface area (Å²) in [6.45, 7) is 4.60. The van der Waals surface area contributed by atoms with E-state index < -0.39 is 0 Å². The van der Waals surface area contributed by atoms with Gasteiger partial charge < -0.3 is 10.1 Å². The average molecular weight is 296 g/mol. The van der Waals surface area contributed by atoms with Crippen LogP contribution in [0.1, 0.15) is 45.2 Å². The molecule has 1 heterocycles. The van der Waals surface area contributed by atoms with Gasteiger partial charge >= 0.3 is 5.97 Å². The van der Waals surface area contributed by atoms with Crippen LogP contribution in [0.5, 0.6) is 0 Å². The summed E-state index contributed by atoms with van der Waals surface area (Å²) < 4.78 is 4.67. The van der Waals surface area contributed by atoms with Crippen molar-refractivity contribution in [1.29, 1.82) is 0 Å². The Morgan fingerprint density at radius 3 is 2.95 bits per heavy atom. The van der Waals surface area contributed by atoms with Crippen molar-refractivity contribution in [2.75, 3.05) is 12.4 Å². The number of esters is 1. The molecule has 2 atom stereocenters. The van der Waals surface area contributed by atoms with Crippen LogP contribution in [0.3, 0.4) is 0 Å². The molecule has 2 unspecified atom stereocenters.